The first-order chi connectivity index (χ1) is 10.5. The highest BCUT2D eigenvalue weighted by atomic mass is 32.2. The normalized spacial score (nSPS) is 13.9. The van der Waals surface area contributed by atoms with Crippen molar-refractivity contribution in [3.05, 3.63) is 82.4 Å². The van der Waals surface area contributed by atoms with Crippen LogP contribution >= 0.6 is 11.8 Å². The Morgan fingerprint density at radius 3 is 2.09 bits per heavy atom. The van der Waals surface area contributed by atoms with E-state index in [0.29, 0.717) is 0 Å². The van der Waals surface area contributed by atoms with E-state index in [-0.39, 0.29) is 0 Å². The van der Waals surface area contributed by atoms with Crippen LogP contribution in [0.3, 0.4) is 0 Å². The molecule has 0 aromatic heterocycles. The zero-order chi connectivity index (χ0) is 16.0. The van der Waals surface area contributed by atoms with Crippen LogP contribution in [0.1, 0.15) is 17.2 Å². The molecule has 1 atom stereocenters. The average Bonchev–Trinajstić information content (AvgIpc) is 2.52. The molecule has 0 aliphatic carbocycles. The lowest BCUT2D eigenvalue weighted by molar-refractivity contribution is 0.228. The van der Waals surface area contributed by atoms with Crippen LogP contribution < -0.4 is 0 Å². The molecule has 3 heteroatoms. The van der Waals surface area contributed by atoms with Gasteiger partial charge in [0.15, 0.2) is 0 Å². The Morgan fingerprint density at radius 1 is 1.00 bits per heavy atom. The third-order valence-corrected chi connectivity index (χ3v) is 8.27. The van der Waals surface area contributed by atoms with Crippen molar-refractivity contribution in [3.63, 3.8) is 0 Å². The Balaban J connectivity index is 2.14. The van der Waals surface area contributed by atoms with Crippen LogP contribution in [0.15, 0.2) is 71.3 Å². The standard InChI is InChI=1S/C19H24OSSi/c1-22(2,3)19(21-15-16-10-6-4-7-11-16)14-18(20)17-12-8-5-9-13-17/h4-14,18,20H,15H2,1-3H3/b19-14-. The molecule has 0 aliphatic rings. The summed E-state index contributed by atoms with van der Waals surface area (Å²) in [6.07, 6.45) is 1.53. The predicted octanol–water partition coefficient (Wildman–Crippen LogP) is 5.41. The monoisotopic (exact) mass is 328 g/mol. The molecule has 0 heterocycles. The van der Waals surface area contributed by atoms with Gasteiger partial charge in [0.2, 0.25) is 0 Å². The summed E-state index contributed by atoms with van der Waals surface area (Å²) >= 11 is 1.87. The molecule has 1 N–H and O–H groups in total. The lowest BCUT2D eigenvalue weighted by Crippen LogP contribution is -2.23. The highest BCUT2D eigenvalue weighted by Crippen LogP contribution is 2.32. The van der Waals surface area contributed by atoms with E-state index in [1.165, 1.54) is 10.1 Å². The maximum Gasteiger partial charge on any atom is 0.0978 e. The summed E-state index contributed by atoms with van der Waals surface area (Å²) in [6.45, 7) is 6.98. The van der Waals surface area contributed by atoms with Gasteiger partial charge in [0.05, 0.1) is 14.2 Å². The van der Waals surface area contributed by atoms with E-state index in [0.717, 1.165) is 11.3 Å². The van der Waals surface area contributed by atoms with Gasteiger partial charge in [-0.2, -0.15) is 0 Å². The first-order valence-corrected chi connectivity index (χ1v) is 12.1. The molecule has 2 aromatic carbocycles. The highest BCUT2D eigenvalue weighted by molar-refractivity contribution is 8.04. The van der Waals surface area contributed by atoms with Crippen molar-refractivity contribution in [2.45, 2.75) is 31.5 Å². The summed E-state index contributed by atoms with van der Waals surface area (Å²) in [5.41, 5.74) is 2.28. The van der Waals surface area contributed by atoms with E-state index in [1.807, 2.05) is 48.2 Å². The highest BCUT2D eigenvalue weighted by Gasteiger charge is 2.21. The van der Waals surface area contributed by atoms with Gasteiger partial charge >= 0.3 is 0 Å². The minimum absolute atomic E-state index is 0.522. The molecule has 0 spiro atoms. The Hall–Kier alpha value is -1.29. The van der Waals surface area contributed by atoms with E-state index in [1.54, 1.807) is 0 Å². The number of aliphatic hydroxyl groups excluding tert-OH is 1. The minimum atomic E-state index is -1.47. The van der Waals surface area contributed by atoms with E-state index < -0.39 is 14.2 Å². The number of hydrogen-bond donors (Lipinski definition) is 1. The van der Waals surface area contributed by atoms with Gasteiger partial charge in [0.25, 0.3) is 0 Å². The van der Waals surface area contributed by atoms with Crippen molar-refractivity contribution >= 4 is 19.8 Å². The fraction of sp³-hybridized carbons (Fsp3) is 0.263. The van der Waals surface area contributed by atoms with Crippen LogP contribution in [0.25, 0.3) is 0 Å². The van der Waals surface area contributed by atoms with Crippen LogP contribution in [-0.4, -0.2) is 13.2 Å². The first-order valence-electron chi connectivity index (χ1n) is 7.59. The molecule has 0 bridgehead atoms. The van der Waals surface area contributed by atoms with Gasteiger partial charge in [0, 0.05) is 5.75 Å². The Bertz CT molecular complexity index is 602. The Labute approximate surface area is 139 Å². The molecule has 1 nitrogen and oxygen atoms in total. The van der Waals surface area contributed by atoms with Crippen molar-refractivity contribution in [1.29, 1.82) is 0 Å². The smallest absolute Gasteiger partial charge is 0.0978 e. The second kappa shape index (κ2) is 7.81. The number of hydrogen-bond acceptors (Lipinski definition) is 2. The lowest BCUT2D eigenvalue weighted by atomic mass is 10.1. The summed E-state index contributed by atoms with van der Waals surface area (Å²) in [5.74, 6) is 0.957. The molecular formula is C19H24OSSi. The second-order valence-electron chi connectivity index (χ2n) is 6.41. The maximum atomic E-state index is 10.5. The van der Waals surface area contributed by atoms with Crippen molar-refractivity contribution in [2.24, 2.45) is 0 Å². The van der Waals surface area contributed by atoms with E-state index in [9.17, 15) is 5.11 Å². The quantitative estimate of drug-likeness (QED) is 0.715. The van der Waals surface area contributed by atoms with Crippen molar-refractivity contribution in [1.82, 2.24) is 0 Å². The SMILES string of the molecule is C[Si](C)(C)/C(=C\C(O)c1ccccc1)SCc1ccccc1. The molecule has 0 aliphatic heterocycles. The molecule has 22 heavy (non-hydrogen) atoms. The summed E-state index contributed by atoms with van der Waals surface area (Å²) in [7, 11) is -1.47. The number of aliphatic hydroxyl groups is 1. The van der Waals surface area contributed by atoms with Crippen LogP contribution in [-0.2, 0) is 5.75 Å². The van der Waals surface area contributed by atoms with Gasteiger partial charge in [0.1, 0.15) is 0 Å². The van der Waals surface area contributed by atoms with Gasteiger partial charge in [-0.15, -0.1) is 11.8 Å². The fourth-order valence-corrected chi connectivity index (χ4v) is 5.49. The molecule has 0 fully saturated rings. The van der Waals surface area contributed by atoms with Gasteiger partial charge in [-0.3, -0.25) is 0 Å². The minimum Gasteiger partial charge on any atom is -0.384 e. The third kappa shape index (κ3) is 5.16. The van der Waals surface area contributed by atoms with Crippen molar-refractivity contribution in [2.75, 3.05) is 0 Å². The van der Waals surface area contributed by atoms with Gasteiger partial charge in [-0.05, 0) is 21.7 Å². The van der Waals surface area contributed by atoms with Crippen LogP contribution in [0, 0.1) is 0 Å². The summed E-state index contributed by atoms with van der Waals surface area (Å²) in [6, 6.07) is 20.4. The van der Waals surface area contributed by atoms with Crippen LogP contribution in [0.4, 0.5) is 0 Å². The van der Waals surface area contributed by atoms with Crippen LogP contribution in [0.2, 0.25) is 19.6 Å². The van der Waals surface area contributed by atoms with Gasteiger partial charge in [-0.1, -0.05) is 80.3 Å². The summed E-state index contributed by atoms with van der Waals surface area (Å²) in [4.78, 5) is 0. The molecular weight excluding hydrogens is 304 g/mol. The number of rotatable bonds is 6. The summed E-state index contributed by atoms with van der Waals surface area (Å²) < 4.78 is 1.35. The lowest BCUT2D eigenvalue weighted by Gasteiger charge is -2.22. The van der Waals surface area contributed by atoms with Crippen molar-refractivity contribution < 1.29 is 5.11 Å². The zero-order valence-corrected chi connectivity index (χ0v) is 15.3. The van der Waals surface area contributed by atoms with Gasteiger partial charge < -0.3 is 5.11 Å². The molecule has 2 rings (SSSR count). The Kier molecular flexibility index (Phi) is 6.06. The van der Waals surface area contributed by atoms with E-state index in [4.69, 9.17) is 0 Å². The van der Waals surface area contributed by atoms with E-state index in [2.05, 4.69) is 50.0 Å². The maximum absolute atomic E-state index is 10.5. The molecule has 0 amide bonds. The molecule has 116 valence electrons. The molecule has 1 unspecified atom stereocenters. The average molecular weight is 329 g/mol. The van der Waals surface area contributed by atoms with Gasteiger partial charge in [-0.25, -0.2) is 0 Å². The largest absolute Gasteiger partial charge is 0.384 e. The topological polar surface area (TPSA) is 20.2 Å². The Morgan fingerprint density at radius 2 is 1.55 bits per heavy atom. The molecule has 0 saturated carbocycles. The molecule has 2 aromatic rings. The number of benzene rings is 2. The molecule has 0 saturated heterocycles. The number of thioether (sulfide) groups is 1. The fourth-order valence-electron chi connectivity index (χ4n) is 2.14. The first kappa shape index (κ1) is 17.1. The van der Waals surface area contributed by atoms with Crippen molar-refractivity contribution in [3.8, 4) is 0 Å². The predicted molar refractivity (Wildman–Crippen MR) is 101 cm³/mol. The van der Waals surface area contributed by atoms with E-state index >= 15 is 0 Å². The summed E-state index contributed by atoms with van der Waals surface area (Å²) in [5, 5.41) is 10.5. The van der Waals surface area contributed by atoms with Crippen LogP contribution in [0.5, 0.6) is 0 Å². The second-order valence-corrected chi connectivity index (χ2v) is 12.8. The molecule has 0 radical (unpaired) electrons. The third-order valence-electron chi connectivity index (χ3n) is 3.43. The zero-order valence-electron chi connectivity index (χ0n) is 13.5.